The van der Waals surface area contributed by atoms with Crippen LogP contribution in [-0.2, 0) is 6.61 Å². The summed E-state index contributed by atoms with van der Waals surface area (Å²) >= 11 is 8.01. The maximum Gasteiger partial charge on any atom is 0.315 e. The molecule has 0 unspecified atom stereocenters. The lowest BCUT2D eigenvalue weighted by Gasteiger charge is -2.11. The van der Waals surface area contributed by atoms with E-state index in [1.54, 1.807) is 18.5 Å². The van der Waals surface area contributed by atoms with Crippen LogP contribution in [0.4, 0.5) is 16.3 Å². The van der Waals surface area contributed by atoms with Crippen molar-refractivity contribution in [2.75, 3.05) is 18.4 Å². The Morgan fingerprint density at radius 2 is 2.21 bits per heavy atom. The summed E-state index contributed by atoms with van der Waals surface area (Å²) < 4.78 is 6.74. The number of carbonyl (C=O) groups is 1. The van der Waals surface area contributed by atoms with Crippen LogP contribution in [0.5, 0.6) is 5.75 Å². The first-order chi connectivity index (χ1) is 18.6. The van der Waals surface area contributed by atoms with E-state index < -0.39 is 0 Å². The van der Waals surface area contributed by atoms with E-state index in [9.17, 15) is 4.79 Å². The average molecular weight is 548 g/mol. The van der Waals surface area contributed by atoms with Crippen molar-refractivity contribution in [3.63, 3.8) is 0 Å². The van der Waals surface area contributed by atoms with Gasteiger partial charge in [-0.15, -0.1) is 11.3 Å². The van der Waals surface area contributed by atoms with E-state index in [0.717, 1.165) is 32.8 Å². The number of hydrogen-bond acceptors (Lipinski definition) is 8. The number of aromatic nitrogens is 3. The summed E-state index contributed by atoms with van der Waals surface area (Å²) in [6.07, 6.45) is 5.76. The number of fused-ring (bicyclic) bond motifs is 1. The minimum Gasteiger partial charge on any atom is -0.487 e. The van der Waals surface area contributed by atoms with E-state index >= 15 is 0 Å². The minimum absolute atomic E-state index is 0.0110. The van der Waals surface area contributed by atoms with Gasteiger partial charge < -0.3 is 26.0 Å². The third-order valence-electron chi connectivity index (χ3n) is 5.80. The summed E-state index contributed by atoms with van der Waals surface area (Å²) in [5, 5.41) is 12.9. The lowest BCUT2D eigenvalue weighted by Crippen LogP contribution is -2.42. The van der Waals surface area contributed by atoms with Gasteiger partial charge in [-0.25, -0.2) is 14.8 Å². The number of amides is 2. The molecule has 0 radical (unpaired) electrons. The van der Waals surface area contributed by atoms with Crippen molar-refractivity contribution in [1.82, 2.24) is 30.9 Å². The van der Waals surface area contributed by atoms with Gasteiger partial charge in [0.15, 0.2) is 5.82 Å². The first-order valence-electron chi connectivity index (χ1n) is 12.2. The molecule has 194 valence electrons. The zero-order valence-corrected chi connectivity index (χ0v) is 22.2. The first kappa shape index (κ1) is 25.7. The standard InChI is InChI=1S/C27H26ClN7O2S/c1-2-30-27(36)35-20-10-18(31-14-20)5-7-21-12-23-25(38-21)26(33-16-32-23)34-19-6-8-24(22(28)11-19)37-15-17-4-3-9-29-13-17/h3-4,6,8-9,11-13,16,18,20,31H,2,10,14-15H2,1H3,(H2,30,35,36)(H,32,33,34)/t18-,20-/m1/s1. The Kier molecular flexibility index (Phi) is 8.19. The first-order valence-corrected chi connectivity index (χ1v) is 13.4. The Bertz CT molecular complexity index is 1490. The average Bonchev–Trinajstić information content (AvgIpc) is 3.55. The molecule has 38 heavy (non-hydrogen) atoms. The molecule has 0 aliphatic carbocycles. The fourth-order valence-corrected chi connectivity index (χ4v) is 5.14. The fourth-order valence-electron chi connectivity index (χ4n) is 3.99. The van der Waals surface area contributed by atoms with E-state index in [-0.39, 0.29) is 18.1 Å². The zero-order chi connectivity index (χ0) is 26.3. The lowest BCUT2D eigenvalue weighted by atomic mass is 10.2. The van der Waals surface area contributed by atoms with Crippen molar-refractivity contribution in [2.24, 2.45) is 0 Å². The third-order valence-corrected chi connectivity index (χ3v) is 7.14. The number of nitrogens with one attached hydrogen (secondary N) is 4. The van der Waals surface area contributed by atoms with Crippen molar-refractivity contribution in [2.45, 2.75) is 32.0 Å². The normalized spacial score (nSPS) is 16.5. The summed E-state index contributed by atoms with van der Waals surface area (Å²) in [7, 11) is 0. The predicted octanol–water partition coefficient (Wildman–Crippen LogP) is 4.46. The van der Waals surface area contributed by atoms with Crippen LogP contribution in [0.3, 0.4) is 0 Å². The molecule has 4 N–H and O–H groups in total. The number of carbonyl (C=O) groups excluding carboxylic acids is 1. The van der Waals surface area contributed by atoms with Gasteiger partial charge in [0.25, 0.3) is 0 Å². The van der Waals surface area contributed by atoms with Crippen molar-refractivity contribution in [3.8, 4) is 17.6 Å². The minimum atomic E-state index is -0.149. The second-order valence-electron chi connectivity index (χ2n) is 8.63. The molecule has 11 heteroatoms. The van der Waals surface area contributed by atoms with Gasteiger partial charge in [0.1, 0.15) is 18.7 Å². The second kappa shape index (κ2) is 12.1. The number of thiophene rings is 1. The van der Waals surface area contributed by atoms with Gasteiger partial charge in [-0.1, -0.05) is 29.5 Å². The Morgan fingerprint density at radius 3 is 3.03 bits per heavy atom. The topological polar surface area (TPSA) is 113 Å². The number of pyridine rings is 1. The molecule has 0 spiro atoms. The second-order valence-corrected chi connectivity index (χ2v) is 10.1. The Morgan fingerprint density at radius 1 is 1.29 bits per heavy atom. The highest BCUT2D eigenvalue weighted by atomic mass is 35.5. The van der Waals surface area contributed by atoms with Crippen LogP contribution in [0.15, 0.2) is 55.1 Å². The lowest BCUT2D eigenvalue weighted by molar-refractivity contribution is 0.238. The monoisotopic (exact) mass is 547 g/mol. The largest absolute Gasteiger partial charge is 0.487 e. The van der Waals surface area contributed by atoms with Gasteiger partial charge in [0, 0.05) is 42.8 Å². The molecule has 0 saturated carbocycles. The SMILES string of the molecule is CCNC(=O)N[C@H]1CN[C@H](C#Cc2cc3ncnc(Nc4ccc(OCc5cccnc5)c(Cl)c4)c3s2)C1. The molecule has 4 heterocycles. The Labute approximate surface area is 229 Å². The number of rotatable bonds is 7. The summed E-state index contributed by atoms with van der Waals surface area (Å²) in [5.41, 5.74) is 2.56. The van der Waals surface area contributed by atoms with Crippen LogP contribution < -0.4 is 26.0 Å². The van der Waals surface area contributed by atoms with E-state index in [1.165, 1.54) is 17.7 Å². The number of anilines is 2. The molecule has 2 amide bonds. The van der Waals surface area contributed by atoms with Crippen molar-refractivity contribution in [1.29, 1.82) is 0 Å². The summed E-state index contributed by atoms with van der Waals surface area (Å²) in [5.74, 6) is 7.79. The molecule has 5 rings (SSSR count). The van der Waals surface area contributed by atoms with Gasteiger partial charge in [0.2, 0.25) is 0 Å². The van der Waals surface area contributed by atoms with Crippen LogP contribution in [0, 0.1) is 11.8 Å². The van der Waals surface area contributed by atoms with E-state index in [0.29, 0.717) is 36.3 Å². The molecule has 2 atom stereocenters. The Balaban J connectivity index is 1.24. The number of ether oxygens (including phenoxy) is 1. The van der Waals surface area contributed by atoms with E-state index in [1.807, 2.05) is 37.3 Å². The summed E-state index contributed by atoms with van der Waals surface area (Å²) in [4.78, 5) is 25.6. The number of nitrogens with zero attached hydrogens (tertiary/aromatic N) is 3. The van der Waals surface area contributed by atoms with E-state index in [4.69, 9.17) is 16.3 Å². The molecule has 1 saturated heterocycles. The predicted molar refractivity (Wildman–Crippen MR) is 150 cm³/mol. The van der Waals surface area contributed by atoms with Crippen molar-refractivity contribution in [3.05, 3.63) is 70.6 Å². The molecule has 1 aliphatic heterocycles. The molecule has 4 aromatic rings. The number of halogens is 1. The van der Waals surface area contributed by atoms with Crippen LogP contribution >= 0.6 is 22.9 Å². The van der Waals surface area contributed by atoms with Crippen LogP contribution in [0.25, 0.3) is 10.2 Å². The maximum atomic E-state index is 11.7. The van der Waals surface area contributed by atoms with Gasteiger partial charge in [-0.05, 0) is 43.7 Å². The molecule has 1 fully saturated rings. The molecular weight excluding hydrogens is 522 g/mol. The molecule has 1 aliphatic rings. The molecule has 3 aromatic heterocycles. The summed E-state index contributed by atoms with van der Waals surface area (Å²) in [6, 6.07) is 11.2. The molecule has 1 aromatic carbocycles. The number of hydrogen-bond donors (Lipinski definition) is 4. The van der Waals surface area contributed by atoms with Gasteiger partial charge in [0.05, 0.1) is 26.2 Å². The van der Waals surface area contributed by atoms with Crippen LogP contribution in [0.2, 0.25) is 5.02 Å². The van der Waals surface area contributed by atoms with Gasteiger partial charge in [-0.3, -0.25) is 4.98 Å². The van der Waals surface area contributed by atoms with Crippen molar-refractivity contribution < 1.29 is 9.53 Å². The van der Waals surface area contributed by atoms with Crippen LogP contribution in [-0.4, -0.2) is 46.2 Å². The molecule has 0 bridgehead atoms. The highest BCUT2D eigenvalue weighted by molar-refractivity contribution is 7.20. The quantitative estimate of drug-likeness (QED) is 0.253. The molecular formula is C27H26ClN7O2S. The third kappa shape index (κ3) is 6.50. The number of urea groups is 1. The van der Waals surface area contributed by atoms with Crippen molar-refractivity contribution >= 4 is 50.7 Å². The molecule has 9 nitrogen and oxygen atoms in total. The van der Waals surface area contributed by atoms with Crippen LogP contribution in [0.1, 0.15) is 23.8 Å². The Hall–Kier alpha value is -3.91. The zero-order valence-electron chi connectivity index (χ0n) is 20.6. The fraction of sp³-hybridized carbons (Fsp3) is 0.259. The van der Waals surface area contributed by atoms with Gasteiger partial charge >= 0.3 is 6.03 Å². The maximum absolute atomic E-state index is 11.7. The smallest absolute Gasteiger partial charge is 0.315 e. The summed E-state index contributed by atoms with van der Waals surface area (Å²) in [6.45, 7) is 3.57. The number of benzene rings is 1. The van der Waals surface area contributed by atoms with E-state index in [2.05, 4.69) is 48.1 Å². The highest BCUT2D eigenvalue weighted by Gasteiger charge is 2.23. The van der Waals surface area contributed by atoms with Gasteiger partial charge in [-0.2, -0.15) is 0 Å². The highest BCUT2D eigenvalue weighted by Crippen LogP contribution is 2.33.